The number of hydrogen-bond donors (Lipinski definition) is 1. The van der Waals surface area contributed by atoms with Gasteiger partial charge in [0.25, 0.3) is 0 Å². The van der Waals surface area contributed by atoms with E-state index in [-0.39, 0.29) is 6.10 Å². The number of hydrogen-bond acceptors (Lipinski definition) is 1. The van der Waals surface area contributed by atoms with E-state index >= 15 is 0 Å². The third kappa shape index (κ3) is 3.08. The molecule has 0 aromatic carbocycles. The van der Waals surface area contributed by atoms with Crippen LogP contribution in [0, 0.1) is 35.0 Å². The summed E-state index contributed by atoms with van der Waals surface area (Å²) in [7, 11) is 0. The van der Waals surface area contributed by atoms with Crippen LogP contribution < -0.4 is 0 Å². The summed E-state index contributed by atoms with van der Waals surface area (Å²) in [5, 5.41) is 10.3. The molecule has 2 saturated carbocycles. The zero-order valence-corrected chi connectivity index (χ0v) is 14.4. The summed E-state index contributed by atoms with van der Waals surface area (Å²) in [5.74, 6) is 3.93. The van der Waals surface area contributed by atoms with Crippen molar-refractivity contribution < 1.29 is 5.11 Å². The maximum Gasteiger partial charge on any atom is 0.0573 e. The quantitative estimate of drug-likeness (QED) is 0.727. The van der Waals surface area contributed by atoms with Crippen LogP contribution in [-0.4, -0.2) is 11.2 Å². The van der Waals surface area contributed by atoms with Crippen LogP contribution in [0.1, 0.15) is 79.6 Å². The zero-order valence-electron chi connectivity index (χ0n) is 14.4. The highest BCUT2D eigenvalue weighted by Crippen LogP contribution is 2.58. The fourth-order valence-corrected chi connectivity index (χ4v) is 5.18. The summed E-state index contributed by atoms with van der Waals surface area (Å²) < 4.78 is 0. The third-order valence-electron chi connectivity index (χ3n) is 7.06. The van der Waals surface area contributed by atoms with Crippen LogP contribution in [0.2, 0.25) is 0 Å². The molecule has 0 saturated heterocycles. The summed E-state index contributed by atoms with van der Waals surface area (Å²) in [4.78, 5) is 0. The average molecular weight is 280 g/mol. The Hall–Kier alpha value is -0.0400. The molecule has 118 valence electrons. The minimum Gasteiger partial charge on any atom is -0.393 e. The van der Waals surface area contributed by atoms with Crippen LogP contribution in [0.3, 0.4) is 0 Å². The van der Waals surface area contributed by atoms with E-state index in [2.05, 4.69) is 34.6 Å². The lowest BCUT2D eigenvalue weighted by atomic mass is 9.61. The van der Waals surface area contributed by atoms with Crippen LogP contribution in [-0.2, 0) is 0 Å². The predicted octanol–water partition coefficient (Wildman–Crippen LogP) is 5.27. The average Bonchev–Trinajstić information content (AvgIpc) is 2.74. The van der Waals surface area contributed by atoms with Gasteiger partial charge >= 0.3 is 0 Å². The van der Waals surface area contributed by atoms with Crippen molar-refractivity contribution in [3.05, 3.63) is 0 Å². The lowest BCUT2D eigenvalue weighted by Crippen LogP contribution is -2.41. The molecule has 0 aliphatic heterocycles. The van der Waals surface area contributed by atoms with Gasteiger partial charge in [0.2, 0.25) is 0 Å². The third-order valence-corrected chi connectivity index (χ3v) is 7.06. The second-order valence-electron chi connectivity index (χ2n) is 8.53. The molecule has 2 fully saturated rings. The van der Waals surface area contributed by atoms with E-state index in [0.717, 1.165) is 30.1 Å². The lowest BCUT2D eigenvalue weighted by Gasteiger charge is -2.45. The Labute approximate surface area is 126 Å². The molecule has 0 aromatic heterocycles. The first-order valence-electron chi connectivity index (χ1n) is 9.04. The second-order valence-corrected chi connectivity index (χ2v) is 8.53. The van der Waals surface area contributed by atoms with Crippen LogP contribution in [0.5, 0.6) is 0 Å². The molecule has 6 atom stereocenters. The summed E-state index contributed by atoms with van der Waals surface area (Å²) in [6.45, 7) is 12.1. The first kappa shape index (κ1) is 16.3. The van der Waals surface area contributed by atoms with Crippen LogP contribution in [0.15, 0.2) is 0 Å². The molecule has 0 amide bonds. The van der Waals surface area contributed by atoms with Crippen molar-refractivity contribution in [2.24, 2.45) is 35.0 Å². The van der Waals surface area contributed by atoms with Crippen molar-refractivity contribution in [2.45, 2.75) is 85.7 Å². The molecule has 0 spiro atoms. The molecule has 2 rings (SSSR count). The molecule has 2 aliphatic carbocycles. The first-order chi connectivity index (χ1) is 9.36. The minimum absolute atomic E-state index is 0.0134. The van der Waals surface area contributed by atoms with E-state index in [1.165, 1.54) is 38.5 Å². The van der Waals surface area contributed by atoms with Crippen molar-refractivity contribution in [3.8, 4) is 0 Å². The monoisotopic (exact) mass is 280 g/mol. The smallest absolute Gasteiger partial charge is 0.0573 e. The van der Waals surface area contributed by atoms with Crippen LogP contribution >= 0.6 is 0 Å². The first-order valence-corrected chi connectivity index (χ1v) is 9.04. The SMILES string of the molecule is CC(C)[C@@H](C)CC[C@@H](C)[C@H]1CCC2C(O)CCCC21C. The molecule has 3 unspecified atom stereocenters. The summed E-state index contributed by atoms with van der Waals surface area (Å²) in [6, 6.07) is 0. The normalized spacial score (nSPS) is 40.6. The molecule has 0 bridgehead atoms. The van der Waals surface area contributed by atoms with E-state index < -0.39 is 0 Å². The molecular weight excluding hydrogens is 244 g/mol. The number of rotatable bonds is 5. The molecule has 0 heterocycles. The van der Waals surface area contributed by atoms with Gasteiger partial charge in [0.1, 0.15) is 0 Å². The van der Waals surface area contributed by atoms with Crippen molar-refractivity contribution in [2.75, 3.05) is 0 Å². The minimum atomic E-state index is -0.0134. The van der Waals surface area contributed by atoms with E-state index in [1.54, 1.807) is 0 Å². The van der Waals surface area contributed by atoms with Gasteiger partial charge in [-0.15, -0.1) is 0 Å². The molecule has 20 heavy (non-hydrogen) atoms. The largest absolute Gasteiger partial charge is 0.393 e. The standard InChI is InChI=1S/C19H36O/c1-13(2)14(3)8-9-15(4)16-10-11-17-18(20)7-6-12-19(16,17)5/h13-18,20H,6-12H2,1-5H3/t14-,15+,16+,17?,18?,19?/m0/s1. The predicted molar refractivity (Wildman–Crippen MR) is 86.6 cm³/mol. The molecule has 1 nitrogen and oxygen atoms in total. The Balaban J connectivity index is 1.95. The van der Waals surface area contributed by atoms with Gasteiger partial charge in [-0.25, -0.2) is 0 Å². The highest BCUT2D eigenvalue weighted by molar-refractivity contribution is 5.01. The lowest BCUT2D eigenvalue weighted by molar-refractivity contribution is -0.0281. The molecule has 0 radical (unpaired) electrons. The molecule has 0 aromatic rings. The highest BCUT2D eigenvalue weighted by atomic mass is 16.3. The second kappa shape index (κ2) is 6.38. The van der Waals surface area contributed by atoms with E-state index in [0.29, 0.717) is 11.3 Å². The Morgan fingerprint density at radius 2 is 1.75 bits per heavy atom. The molecule has 1 N–H and O–H groups in total. The number of aliphatic hydroxyl groups excluding tert-OH is 1. The van der Waals surface area contributed by atoms with Gasteiger partial charge < -0.3 is 5.11 Å². The van der Waals surface area contributed by atoms with E-state index in [9.17, 15) is 5.11 Å². The summed E-state index contributed by atoms with van der Waals surface area (Å²) >= 11 is 0. The summed E-state index contributed by atoms with van der Waals surface area (Å²) in [5.41, 5.74) is 0.429. The molecule has 2 aliphatic rings. The van der Waals surface area contributed by atoms with E-state index in [4.69, 9.17) is 0 Å². The molecule has 1 heteroatoms. The fourth-order valence-electron chi connectivity index (χ4n) is 5.18. The number of aliphatic hydroxyl groups is 1. The molecular formula is C19H36O. The Kier molecular flexibility index (Phi) is 5.21. The Morgan fingerprint density at radius 3 is 2.40 bits per heavy atom. The van der Waals surface area contributed by atoms with Crippen LogP contribution in [0.4, 0.5) is 0 Å². The van der Waals surface area contributed by atoms with Crippen molar-refractivity contribution in [3.63, 3.8) is 0 Å². The number of fused-ring (bicyclic) bond motifs is 1. The van der Waals surface area contributed by atoms with Gasteiger partial charge in [0.05, 0.1) is 6.10 Å². The maximum atomic E-state index is 10.3. The Morgan fingerprint density at radius 1 is 1.05 bits per heavy atom. The van der Waals surface area contributed by atoms with Gasteiger partial charge in [-0.1, -0.05) is 53.9 Å². The van der Waals surface area contributed by atoms with Gasteiger partial charge in [0.15, 0.2) is 0 Å². The fraction of sp³-hybridized carbons (Fsp3) is 1.00. The van der Waals surface area contributed by atoms with Crippen molar-refractivity contribution >= 4 is 0 Å². The van der Waals surface area contributed by atoms with Gasteiger partial charge in [0, 0.05) is 0 Å². The van der Waals surface area contributed by atoms with Crippen molar-refractivity contribution in [1.29, 1.82) is 0 Å². The Bertz CT molecular complexity index is 311. The highest BCUT2D eigenvalue weighted by Gasteiger charge is 2.51. The van der Waals surface area contributed by atoms with E-state index in [1.807, 2.05) is 0 Å². The van der Waals surface area contributed by atoms with Crippen LogP contribution in [0.25, 0.3) is 0 Å². The summed E-state index contributed by atoms with van der Waals surface area (Å²) in [6.07, 6.45) is 9.00. The van der Waals surface area contributed by atoms with Gasteiger partial charge in [-0.3, -0.25) is 0 Å². The topological polar surface area (TPSA) is 20.2 Å². The maximum absolute atomic E-state index is 10.3. The van der Waals surface area contributed by atoms with Gasteiger partial charge in [-0.2, -0.15) is 0 Å². The van der Waals surface area contributed by atoms with Crippen molar-refractivity contribution in [1.82, 2.24) is 0 Å². The zero-order chi connectivity index (χ0) is 14.9. The van der Waals surface area contributed by atoms with Gasteiger partial charge in [-0.05, 0) is 60.7 Å².